The minimum absolute atomic E-state index is 0.250. The first-order valence-corrected chi connectivity index (χ1v) is 19.3. The summed E-state index contributed by atoms with van der Waals surface area (Å²) < 4.78 is 7.79. The molecule has 0 bridgehead atoms. The highest BCUT2D eigenvalue weighted by atomic mass is 28.3. The van der Waals surface area contributed by atoms with E-state index in [4.69, 9.17) is 10.5 Å². The van der Waals surface area contributed by atoms with E-state index in [1.54, 1.807) is 18.3 Å². The van der Waals surface area contributed by atoms with Gasteiger partial charge < -0.3 is 25.8 Å². The number of fused-ring (bicyclic) bond motifs is 2. The molecule has 0 radical (unpaired) electrons. The zero-order chi connectivity index (χ0) is 34.9. The van der Waals surface area contributed by atoms with Gasteiger partial charge in [-0.15, -0.1) is 0 Å². The average molecular weight is 672 g/mol. The molecule has 4 N–H and O–H groups in total. The van der Waals surface area contributed by atoms with Crippen LogP contribution < -0.4 is 25.9 Å². The molecule has 0 saturated carbocycles. The van der Waals surface area contributed by atoms with Crippen molar-refractivity contribution in [2.75, 3.05) is 38.8 Å². The monoisotopic (exact) mass is 671 g/mol. The lowest BCUT2D eigenvalue weighted by Crippen LogP contribution is -2.49. The summed E-state index contributed by atoms with van der Waals surface area (Å²) in [6.07, 6.45) is 8.20. The van der Waals surface area contributed by atoms with Crippen molar-refractivity contribution in [3.8, 4) is 6.01 Å². The van der Waals surface area contributed by atoms with Crippen LogP contribution in [0.2, 0.25) is 13.1 Å². The van der Waals surface area contributed by atoms with Crippen LogP contribution in [0.3, 0.4) is 0 Å². The number of rotatable bonds is 10. The van der Waals surface area contributed by atoms with Crippen molar-refractivity contribution in [3.63, 3.8) is 0 Å². The number of aromatic carboxylic acids is 1. The Hall–Kier alpha value is -5.32. The second-order valence-electron chi connectivity index (χ2n) is 13.4. The number of ether oxygens (including phenoxy) is 1. The summed E-state index contributed by atoms with van der Waals surface area (Å²) in [7, 11) is 6.07. The van der Waals surface area contributed by atoms with Gasteiger partial charge in [-0.25, -0.2) is 14.4 Å². The lowest BCUT2D eigenvalue weighted by atomic mass is 9.86. The maximum Gasteiger partial charge on any atom is 0.336 e. The molecular formula is C39H43N6O3Si+. The van der Waals surface area contributed by atoms with Crippen LogP contribution in [0, 0.1) is 0 Å². The maximum atomic E-state index is 12.7. The van der Waals surface area contributed by atoms with Gasteiger partial charge in [-0.3, -0.25) is 0 Å². The van der Waals surface area contributed by atoms with Crippen molar-refractivity contribution in [2.24, 2.45) is 0 Å². The van der Waals surface area contributed by atoms with Crippen LogP contribution in [-0.2, 0) is 19.7 Å². The number of hydrogen-bond donors (Lipinski definition) is 3. The molecule has 0 atom stereocenters. The Morgan fingerprint density at radius 2 is 1.65 bits per heavy atom. The third kappa shape index (κ3) is 6.97. The van der Waals surface area contributed by atoms with Crippen molar-refractivity contribution in [1.82, 2.24) is 15.3 Å². The molecule has 9 nitrogen and oxygen atoms in total. The summed E-state index contributed by atoms with van der Waals surface area (Å²) in [6.45, 7) is 6.36. The number of carboxylic acid groups (broad SMARTS) is 1. The van der Waals surface area contributed by atoms with E-state index in [0.29, 0.717) is 31.1 Å². The molecule has 250 valence electrons. The molecule has 1 aliphatic carbocycles. The highest BCUT2D eigenvalue weighted by Crippen LogP contribution is 2.43. The molecule has 0 fully saturated rings. The van der Waals surface area contributed by atoms with E-state index in [1.165, 1.54) is 10.4 Å². The second kappa shape index (κ2) is 13.7. The standard InChI is InChI=1S/C39H42N6O3Si/c1-44(2)28-12-15-31-34(20-28)49(5,6)35-21-29(45(3)4)13-16-32(35)37(31)33-19-27(11-14-30(33)38(46)47)23-41-22-25-7-9-26(10-8-25)24-48-39-42-18-17-36(40)43-39/h7-21,41H,22-24H2,1-6H3,(H2-,40,42,43,46,47)/p+1. The summed E-state index contributed by atoms with van der Waals surface area (Å²) in [5.74, 6) is -0.570. The van der Waals surface area contributed by atoms with Crippen LogP contribution in [0.4, 0.5) is 11.5 Å². The minimum atomic E-state index is -2.16. The topological polar surface area (TPSA) is 117 Å². The molecule has 3 aromatic carbocycles. The fourth-order valence-corrected chi connectivity index (χ4v) is 9.51. The summed E-state index contributed by atoms with van der Waals surface area (Å²) in [4.78, 5) is 23.0. The summed E-state index contributed by atoms with van der Waals surface area (Å²) in [5.41, 5.74) is 15.4. The van der Waals surface area contributed by atoms with Gasteiger partial charge in [-0.1, -0.05) is 49.5 Å². The Bertz CT molecular complexity index is 2060. The second-order valence-corrected chi connectivity index (χ2v) is 17.7. The van der Waals surface area contributed by atoms with Crippen molar-refractivity contribution in [3.05, 3.63) is 135 Å². The van der Waals surface area contributed by atoms with Gasteiger partial charge in [-0.05, 0) is 85.8 Å². The molecule has 0 amide bonds. The van der Waals surface area contributed by atoms with E-state index in [2.05, 4.69) is 121 Å². The number of allylic oxidation sites excluding steroid dienone is 5. The van der Waals surface area contributed by atoms with Gasteiger partial charge in [0.2, 0.25) is 0 Å². The van der Waals surface area contributed by atoms with Crippen molar-refractivity contribution in [1.29, 1.82) is 0 Å². The predicted molar refractivity (Wildman–Crippen MR) is 199 cm³/mol. The number of benzene rings is 3. The predicted octanol–water partition coefficient (Wildman–Crippen LogP) is 5.17. The number of carbonyl (C=O) groups is 1. The summed E-state index contributed by atoms with van der Waals surface area (Å²) in [6, 6.07) is 22.4. The minimum Gasteiger partial charge on any atom is -0.478 e. The SMILES string of the molecule is CN(C)c1ccc2c(c1)[Si](C)(C)C1=CC(=[N+](C)C)C=CC1=C2c1cc(CNCc2ccc(COc3nccc(N)n3)cc2)ccc1C(=O)O. The van der Waals surface area contributed by atoms with Gasteiger partial charge in [0.15, 0.2) is 5.71 Å². The molecular weight excluding hydrogens is 629 g/mol. The number of aromatic nitrogens is 2. The largest absolute Gasteiger partial charge is 0.478 e. The van der Waals surface area contributed by atoms with E-state index in [9.17, 15) is 9.90 Å². The van der Waals surface area contributed by atoms with Crippen molar-refractivity contribution >= 4 is 42.0 Å². The van der Waals surface area contributed by atoms with E-state index in [-0.39, 0.29) is 6.01 Å². The molecule has 0 unspecified atom stereocenters. The molecule has 1 aromatic heterocycles. The average Bonchev–Trinajstić information content (AvgIpc) is 3.08. The summed E-state index contributed by atoms with van der Waals surface area (Å²) >= 11 is 0. The first-order valence-electron chi connectivity index (χ1n) is 16.3. The molecule has 49 heavy (non-hydrogen) atoms. The van der Waals surface area contributed by atoms with Crippen molar-refractivity contribution in [2.45, 2.75) is 32.8 Å². The zero-order valence-corrected chi connectivity index (χ0v) is 29.9. The van der Waals surface area contributed by atoms with Crippen LogP contribution in [0.15, 0.2) is 102 Å². The Kier molecular flexibility index (Phi) is 9.36. The number of nitrogens with two attached hydrogens (primary N) is 1. The number of nitrogens with one attached hydrogen (secondary N) is 1. The van der Waals surface area contributed by atoms with E-state index < -0.39 is 14.0 Å². The summed E-state index contributed by atoms with van der Waals surface area (Å²) in [5, 5.41) is 16.6. The number of nitrogen functional groups attached to an aromatic ring is 1. The molecule has 2 aliphatic rings. The smallest absolute Gasteiger partial charge is 0.336 e. The Morgan fingerprint density at radius 3 is 2.35 bits per heavy atom. The first-order chi connectivity index (χ1) is 23.4. The van der Waals surface area contributed by atoms with Gasteiger partial charge in [0, 0.05) is 51.2 Å². The Labute approximate surface area is 288 Å². The fourth-order valence-electron chi connectivity index (χ4n) is 6.44. The van der Waals surface area contributed by atoms with E-state index >= 15 is 0 Å². The fraction of sp³-hybridized carbons (Fsp3) is 0.231. The molecule has 10 heteroatoms. The molecule has 0 saturated heterocycles. The normalized spacial score (nSPS) is 14.6. The lowest BCUT2D eigenvalue weighted by molar-refractivity contribution is -0.462. The molecule has 4 aromatic rings. The quantitative estimate of drug-likeness (QED) is 0.156. The van der Waals surface area contributed by atoms with Crippen LogP contribution in [0.25, 0.3) is 5.57 Å². The number of hydrogen-bond acceptors (Lipinski definition) is 7. The zero-order valence-electron chi connectivity index (χ0n) is 28.9. The maximum absolute atomic E-state index is 12.7. The van der Waals surface area contributed by atoms with Crippen LogP contribution in [0.5, 0.6) is 6.01 Å². The van der Waals surface area contributed by atoms with Gasteiger partial charge in [0.25, 0.3) is 0 Å². The highest BCUT2D eigenvalue weighted by Gasteiger charge is 2.41. The first kappa shape index (κ1) is 33.6. The van der Waals surface area contributed by atoms with E-state index in [0.717, 1.165) is 50.4 Å². The van der Waals surface area contributed by atoms with Crippen molar-refractivity contribution < 1.29 is 19.2 Å². The Balaban J connectivity index is 1.29. The van der Waals surface area contributed by atoms with Gasteiger partial charge in [0.05, 0.1) is 5.56 Å². The molecule has 6 rings (SSSR count). The molecule has 1 aliphatic heterocycles. The van der Waals surface area contributed by atoms with Crippen LogP contribution in [-0.4, -0.2) is 67.6 Å². The molecule has 2 heterocycles. The molecule has 0 spiro atoms. The number of nitrogens with zero attached hydrogens (tertiary/aromatic N) is 4. The van der Waals surface area contributed by atoms with E-state index in [1.807, 2.05) is 18.2 Å². The number of anilines is 2. The third-order valence-corrected chi connectivity index (χ3v) is 12.7. The van der Waals surface area contributed by atoms with Crippen LogP contribution >= 0.6 is 0 Å². The highest BCUT2D eigenvalue weighted by molar-refractivity contribution is 6.98. The van der Waals surface area contributed by atoms with Gasteiger partial charge in [-0.2, -0.15) is 4.98 Å². The number of carboxylic acids is 1. The van der Waals surface area contributed by atoms with Crippen LogP contribution in [0.1, 0.15) is 38.2 Å². The lowest BCUT2D eigenvalue weighted by Gasteiger charge is -2.38. The van der Waals surface area contributed by atoms with Gasteiger partial charge in [0.1, 0.15) is 34.6 Å². The third-order valence-electron chi connectivity index (χ3n) is 9.21. The van der Waals surface area contributed by atoms with Gasteiger partial charge >= 0.3 is 12.0 Å². The Morgan fingerprint density at radius 1 is 0.939 bits per heavy atom.